The van der Waals surface area contributed by atoms with E-state index >= 15 is 0 Å². The number of hydrogen-bond acceptors (Lipinski definition) is 3. The summed E-state index contributed by atoms with van der Waals surface area (Å²) in [6.07, 6.45) is 3.04. The largest absolute Gasteiger partial charge is 0.480 e. The monoisotopic (exact) mass is 334 g/mol. The molecule has 1 aromatic carbocycles. The van der Waals surface area contributed by atoms with Gasteiger partial charge in [-0.05, 0) is 49.8 Å². The van der Waals surface area contributed by atoms with E-state index in [0.717, 1.165) is 18.4 Å². The van der Waals surface area contributed by atoms with Crippen molar-refractivity contribution in [1.82, 2.24) is 9.80 Å². The Kier molecular flexibility index (Phi) is 4.58. The number of likely N-dealkylation sites (tertiary alicyclic amines) is 1. The summed E-state index contributed by atoms with van der Waals surface area (Å²) in [4.78, 5) is 27.8. The van der Waals surface area contributed by atoms with Gasteiger partial charge in [0.15, 0.2) is 0 Å². The predicted octanol–water partition coefficient (Wildman–Crippen LogP) is 2.17. The van der Waals surface area contributed by atoms with Gasteiger partial charge in [0.2, 0.25) is 5.91 Å². The predicted molar refractivity (Wildman–Crippen MR) is 86.9 cm³/mol. The van der Waals surface area contributed by atoms with E-state index in [0.29, 0.717) is 24.9 Å². The molecule has 24 heavy (non-hydrogen) atoms. The summed E-state index contributed by atoms with van der Waals surface area (Å²) in [6, 6.07) is 4.16. The quantitative estimate of drug-likeness (QED) is 0.896. The van der Waals surface area contributed by atoms with Gasteiger partial charge in [-0.25, -0.2) is 4.39 Å². The second kappa shape index (κ2) is 6.51. The lowest BCUT2D eigenvalue weighted by atomic mass is 10.1. The molecule has 2 aliphatic rings. The lowest BCUT2D eigenvalue weighted by Gasteiger charge is -2.30. The summed E-state index contributed by atoms with van der Waals surface area (Å²) in [5, 5.41) is 9.39. The first-order valence-corrected chi connectivity index (χ1v) is 8.38. The van der Waals surface area contributed by atoms with Gasteiger partial charge in [0.05, 0.1) is 6.04 Å². The van der Waals surface area contributed by atoms with Crippen molar-refractivity contribution in [3.8, 4) is 0 Å². The maximum Gasteiger partial charge on any atom is 0.320 e. The van der Waals surface area contributed by atoms with E-state index in [-0.39, 0.29) is 23.8 Å². The van der Waals surface area contributed by atoms with E-state index in [1.807, 2.05) is 4.90 Å². The average Bonchev–Trinajstić information content (AvgIpc) is 3.28. The Hall–Kier alpha value is -1.95. The normalized spacial score (nSPS) is 24.1. The number of carboxylic acid groups (broad SMARTS) is 1. The molecule has 1 N–H and O–H groups in total. The van der Waals surface area contributed by atoms with Crippen LogP contribution >= 0.6 is 0 Å². The summed E-state index contributed by atoms with van der Waals surface area (Å²) >= 11 is 0. The number of carbonyl (C=O) groups is 2. The Bertz CT molecular complexity index is 660. The van der Waals surface area contributed by atoms with E-state index in [1.165, 1.54) is 6.07 Å². The van der Waals surface area contributed by atoms with Crippen LogP contribution < -0.4 is 0 Å². The van der Waals surface area contributed by atoms with Crippen LogP contribution in [0.4, 0.5) is 4.39 Å². The number of aliphatic carboxylic acids is 1. The highest BCUT2D eigenvalue weighted by molar-refractivity contribution is 5.84. The third-order valence-electron chi connectivity index (χ3n) is 4.99. The summed E-state index contributed by atoms with van der Waals surface area (Å²) in [6.45, 7) is 2.09. The molecule has 1 heterocycles. The Labute approximate surface area is 141 Å². The lowest BCUT2D eigenvalue weighted by molar-refractivity contribution is -0.144. The number of benzene rings is 1. The number of halogens is 1. The molecule has 3 rings (SSSR count). The van der Waals surface area contributed by atoms with Gasteiger partial charge in [-0.15, -0.1) is 0 Å². The van der Waals surface area contributed by atoms with Crippen LogP contribution in [0.2, 0.25) is 0 Å². The van der Waals surface area contributed by atoms with Gasteiger partial charge in [-0.2, -0.15) is 0 Å². The molecule has 2 atom stereocenters. The van der Waals surface area contributed by atoms with Gasteiger partial charge >= 0.3 is 5.97 Å². The van der Waals surface area contributed by atoms with E-state index in [9.17, 15) is 19.1 Å². The minimum atomic E-state index is -0.839. The first kappa shape index (κ1) is 16.9. The third kappa shape index (κ3) is 3.29. The van der Waals surface area contributed by atoms with Gasteiger partial charge in [-0.3, -0.25) is 14.5 Å². The van der Waals surface area contributed by atoms with Gasteiger partial charge in [0, 0.05) is 19.6 Å². The van der Waals surface area contributed by atoms with Crippen molar-refractivity contribution in [3.63, 3.8) is 0 Å². The summed E-state index contributed by atoms with van der Waals surface area (Å²) < 4.78 is 13.4. The molecule has 1 aliphatic carbocycles. The molecular formula is C18H23FN2O3. The molecule has 0 radical (unpaired) electrons. The molecule has 1 aliphatic heterocycles. The molecule has 0 spiro atoms. The van der Waals surface area contributed by atoms with Gasteiger partial charge in [0.25, 0.3) is 0 Å². The molecule has 2 fully saturated rings. The zero-order chi connectivity index (χ0) is 17.4. The highest BCUT2D eigenvalue weighted by atomic mass is 19.1. The van der Waals surface area contributed by atoms with Crippen LogP contribution in [-0.2, 0) is 16.1 Å². The average molecular weight is 334 g/mol. The Morgan fingerprint density at radius 2 is 1.92 bits per heavy atom. The van der Waals surface area contributed by atoms with E-state index in [2.05, 4.69) is 0 Å². The number of nitrogens with zero attached hydrogens (tertiary/aromatic N) is 2. The van der Waals surface area contributed by atoms with Crippen LogP contribution in [0.1, 0.15) is 36.8 Å². The molecule has 5 nitrogen and oxygen atoms in total. The summed E-state index contributed by atoms with van der Waals surface area (Å²) in [5.41, 5.74) is 1.43. The molecule has 0 aromatic heterocycles. The van der Waals surface area contributed by atoms with Crippen molar-refractivity contribution in [3.05, 3.63) is 35.1 Å². The standard InChI is InChI=1S/C18H23FN2O3/c1-11-9-12(3-6-14(11)19)10-20(2)17(22)15-7-8-16(18(23)24)21(15)13-4-5-13/h3,6,9,13,15-16H,4-5,7-8,10H2,1-2H3,(H,23,24). The summed E-state index contributed by atoms with van der Waals surface area (Å²) in [5.74, 6) is -1.14. The number of rotatable bonds is 5. The van der Waals surface area contributed by atoms with Crippen LogP contribution in [0.15, 0.2) is 18.2 Å². The molecular weight excluding hydrogens is 311 g/mol. The fourth-order valence-corrected chi connectivity index (χ4v) is 3.63. The first-order chi connectivity index (χ1) is 11.4. The maximum absolute atomic E-state index is 13.4. The molecule has 1 saturated heterocycles. The second-order valence-electron chi connectivity index (χ2n) is 6.90. The van der Waals surface area contributed by atoms with Crippen molar-refractivity contribution in [2.45, 2.75) is 57.3 Å². The first-order valence-electron chi connectivity index (χ1n) is 8.38. The van der Waals surface area contributed by atoms with Crippen LogP contribution in [0.3, 0.4) is 0 Å². The van der Waals surface area contributed by atoms with Gasteiger partial charge < -0.3 is 10.0 Å². The zero-order valence-electron chi connectivity index (χ0n) is 14.0. The molecule has 2 unspecified atom stereocenters. The van der Waals surface area contributed by atoms with Crippen LogP contribution in [0, 0.1) is 12.7 Å². The minimum absolute atomic E-state index is 0.0485. The lowest BCUT2D eigenvalue weighted by Crippen LogP contribution is -2.49. The van der Waals surface area contributed by atoms with Crippen LogP contribution in [-0.4, -0.2) is 52.0 Å². The SMILES string of the molecule is Cc1cc(CN(C)C(=O)C2CCC(C(=O)O)N2C2CC2)ccc1F. The zero-order valence-corrected chi connectivity index (χ0v) is 14.0. The van der Waals surface area contributed by atoms with Crippen molar-refractivity contribution in [2.75, 3.05) is 7.05 Å². The highest BCUT2D eigenvalue weighted by Gasteiger charge is 2.48. The molecule has 130 valence electrons. The fourth-order valence-electron chi connectivity index (χ4n) is 3.63. The number of amides is 1. The van der Waals surface area contributed by atoms with Crippen LogP contribution in [0.5, 0.6) is 0 Å². The minimum Gasteiger partial charge on any atom is -0.480 e. The Morgan fingerprint density at radius 1 is 1.25 bits per heavy atom. The third-order valence-corrected chi connectivity index (χ3v) is 4.99. The van der Waals surface area contributed by atoms with Gasteiger partial charge in [0.1, 0.15) is 11.9 Å². The topological polar surface area (TPSA) is 60.9 Å². The van der Waals surface area contributed by atoms with Gasteiger partial charge in [-0.1, -0.05) is 12.1 Å². The Balaban J connectivity index is 1.70. The fraction of sp³-hybridized carbons (Fsp3) is 0.556. The number of carbonyl (C=O) groups excluding carboxylic acids is 1. The smallest absolute Gasteiger partial charge is 0.320 e. The second-order valence-corrected chi connectivity index (χ2v) is 6.90. The number of likely N-dealkylation sites (N-methyl/N-ethyl adjacent to an activating group) is 1. The molecule has 6 heteroatoms. The summed E-state index contributed by atoms with van der Waals surface area (Å²) in [7, 11) is 1.72. The van der Waals surface area contributed by atoms with Crippen LogP contribution in [0.25, 0.3) is 0 Å². The van der Waals surface area contributed by atoms with E-state index in [4.69, 9.17) is 0 Å². The Morgan fingerprint density at radius 3 is 2.50 bits per heavy atom. The number of aryl methyl sites for hydroxylation is 1. The molecule has 1 aromatic rings. The molecule has 1 saturated carbocycles. The van der Waals surface area contributed by atoms with Crippen molar-refractivity contribution < 1.29 is 19.1 Å². The van der Waals surface area contributed by atoms with Crippen molar-refractivity contribution in [1.29, 1.82) is 0 Å². The molecule has 1 amide bonds. The van der Waals surface area contributed by atoms with E-state index in [1.54, 1.807) is 31.0 Å². The maximum atomic E-state index is 13.4. The molecule has 0 bridgehead atoms. The number of hydrogen-bond donors (Lipinski definition) is 1. The highest BCUT2D eigenvalue weighted by Crippen LogP contribution is 2.37. The number of carboxylic acids is 1. The van der Waals surface area contributed by atoms with E-state index < -0.39 is 12.0 Å². The van der Waals surface area contributed by atoms with Crippen molar-refractivity contribution >= 4 is 11.9 Å². The van der Waals surface area contributed by atoms with Crippen molar-refractivity contribution in [2.24, 2.45) is 0 Å².